The second-order valence-corrected chi connectivity index (χ2v) is 9.40. The van der Waals surface area contributed by atoms with Gasteiger partial charge in [0, 0.05) is 31.5 Å². The minimum absolute atomic E-state index is 0.0158. The van der Waals surface area contributed by atoms with Crippen LogP contribution in [0, 0.1) is 11.7 Å². The maximum Gasteiger partial charge on any atom is 0.242 e. The molecule has 0 saturated heterocycles. The van der Waals surface area contributed by atoms with Crippen LogP contribution in [0.4, 0.5) is 4.39 Å². The zero-order valence-electron chi connectivity index (χ0n) is 19.6. The van der Waals surface area contributed by atoms with E-state index in [1.165, 1.54) is 18.6 Å². The summed E-state index contributed by atoms with van der Waals surface area (Å²) in [6, 6.07) is 10.2. The minimum Gasteiger partial charge on any atom is -0.353 e. The molecule has 2 amide bonds. The number of halogens is 1. The summed E-state index contributed by atoms with van der Waals surface area (Å²) in [6.07, 6.45) is 7.38. The Morgan fingerprint density at radius 3 is 2.34 bits per heavy atom. The Morgan fingerprint density at radius 1 is 1.06 bits per heavy atom. The largest absolute Gasteiger partial charge is 0.353 e. The average Bonchev–Trinajstić information content (AvgIpc) is 3.17. The summed E-state index contributed by atoms with van der Waals surface area (Å²) in [7, 11) is 1.98. The fourth-order valence-electron chi connectivity index (χ4n) is 4.49. The lowest BCUT2D eigenvalue weighted by Gasteiger charge is -2.36. The number of rotatable bonds is 9. The Morgan fingerprint density at radius 2 is 1.75 bits per heavy atom. The van der Waals surface area contributed by atoms with Crippen molar-refractivity contribution in [3.05, 3.63) is 59.7 Å². The van der Waals surface area contributed by atoms with E-state index in [0.717, 1.165) is 36.9 Å². The molecule has 0 unspecified atom stereocenters. The summed E-state index contributed by atoms with van der Waals surface area (Å²) in [5, 5.41) is 0. The van der Waals surface area contributed by atoms with Crippen LogP contribution in [-0.4, -0.2) is 45.3 Å². The zero-order valence-corrected chi connectivity index (χ0v) is 19.6. The number of hydrogen-bond donors (Lipinski definition) is 0. The van der Waals surface area contributed by atoms with Crippen molar-refractivity contribution in [3.8, 4) is 0 Å². The number of hydrogen-bond acceptors (Lipinski definition) is 2. The molecule has 1 aliphatic rings. The van der Waals surface area contributed by atoms with Crippen LogP contribution in [0.1, 0.15) is 57.2 Å². The Balaban J connectivity index is 1.76. The van der Waals surface area contributed by atoms with E-state index < -0.39 is 0 Å². The summed E-state index contributed by atoms with van der Waals surface area (Å²) >= 11 is 0. The van der Waals surface area contributed by atoms with E-state index in [-0.39, 0.29) is 36.6 Å². The van der Waals surface area contributed by atoms with Gasteiger partial charge in [0.15, 0.2) is 0 Å². The van der Waals surface area contributed by atoms with E-state index in [2.05, 4.69) is 13.8 Å². The monoisotopic (exact) mass is 441 g/mol. The van der Waals surface area contributed by atoms with Crippen LogP contribution >= 0.6 is 0 Å². The number of benzene rings is 1. The molecule has 1 aromatic carbocycles. The molecule has 0 spiro atoms. The molecule has 0 aliphatic heterocycles. The summed E-state index contributed by atoms with van der Waals surface area (Å²) in [4.78, 5) is 30.4. The smallest absolute Gasteiger partial charge is 0.242 e. The highest BCUT2D eigenvalue weighted by Gasteiger charge is 2.29. The number of aryl methyl sites for hydroxylation is 1. The Bertz CT molecular complexity index is 885. The first-order chi connectivity index (χ1) is 15.3. The number of amides is 2. The highest BCUT2D eigenvalue weighted by Crippen LogP contribution is 2.24. The quantitative estimate of drug-likeness (QED) is 0.573. The highest BCUT2D eigenvalue weighted by molar-refractivity contribution is 5.86. The summed E-state index contributed by atoms with van der Waals surface area (Å²) in [5.41, 5.74) is 1.84. The molecule has 5 nitrogen and oxygen atoms in total. The molecule has 6 heteroatoms. The first-order valence-corrected chi connectivity index (χ1v) is 11.8. The van der Waals surface area contributed by atoms with Gasteiger partial charge in [0.05, 0.1) is 13.0 Å². The van der Waals surface area contributed by atoms with Crippen LogP contribution in [0.2, 0.25) is 0 Å². The number of nitrogens with zero attached hydrogens (tertiary/aromatic N) is 3. The summed E-state index contributed by atoms with van der Waals surface area (Å²) in [5.74, 6) is -0.0547. The number of aromatic nitrogens is 1. The van der Waals surface area contributed by atoms with Gasteiger partial charge >= 0.3 is 0 Å². The van der Waals surface area contributed by atoms with Crippen molar-refractivity contribution in [2.45, 2.75) is 65.0 Å². The fourth-order valence-corrected chi connectivity index (χ4v) is 4.49. The Labute approximate surface area is 191 Å². The van der Waals surface area contributed by atoms with Crippen LogP contribution in [0.15, 0.2) is 42.6 Å². The first kappa shape index (κ1) is 24.0. The molecule has 3 rings (SSSR count). The van der Waals surface area contributed by atoms with E-state index in [9.17, 15) is 14.0 Å². The van der Waals surface area contributed by atoms with Crippen LogP contribution < -0.4 is 0 Å². The number of carbonyl (C=O) groups is 2. The van der Waals surface area contributed by atoms with E-state index >= 15 is 0 Å². The van der Waals surface area contributed by atoms with Gasteiger partial charge < -0.3 is 14.4 Å². The van der Waals surface area contributed by atoms with E-state index in [1.807, 2.05) is 34.8 Å². The van der Waals surface area contributed by atoms with Gasteiger partial charge in [0.2, 0.25) is 11.8 Å². The van der Waals surface area contributed by atoms with Gasteiger partial charge in [-0.15, -0.1) is 0 Å². The predicted molar refractivity (Wildman–Crippen MR) is 124 cm³/mol. The molecule has 0 radical (unpaired) electrons. The molecule has 1 heterocycles. The van der Waals surface area contributed by atoms with E-state index in [1.54, 1.807) is 17.0 Å². The SMILES string of the molecule is CC(C)CN(Cc1cccn1C)C(=O)CN(C(=O)Cc1ccc(F)cc1)C1CCCCC1. The third kappa shape index (κ3) is 6.68. The van der Waals surface area contributed by atoms with Gasteiger partial charge in [-0.05, 0) is 48.6 Å². The van der Waals surface area contributed by atoms with Crippen LogP contribution in [-0.2, 0) is 29.6 Å². The lowest BCUT2D eigenvalue weighted by molar-refractivity contribution is -0.143. The molecule has 0 atom stereocenters. The third-order valence-corrected chi connectivity index (χ3v) is 6.25. The van der Waals surface area contributed by atoms with Crippen LogP contribution in [0.3, 0.4) is 0 Å². The van der Waals surface area contributed by atoms with Gasteiger partial charge in [0.25, 0.3) is 0 Å². The summed E-state index contributed by atoms with van der Waals surface area (Å²) in [6.45, 7) is 5.48. The normalized spacial score (nSPS) is 14.5. The lowest BCUT2D eigenvalue weighted by Crippen LogP contribution is -2.49. The van der Waals surface area contributed by atoms with Crippen molar-refractivity contribution in [3.63, 3.8) is 0 Å². The van der Waals surface area contributed by atoms with Crippen LogP contribution in [0.5, 0.6) is 0 Å². The van der Waals surface area contributed by atoms with E-state index in [4.69, 9.17) is 0 Å². The second-order valence-electron chi connectivity index (χ2n) is 9.40. The maximum atomic E-state index is 13.4. The van der Waals surface area contributed by atoms with Crippen molar-refractivity contribution in [2.75, 3.05) is 13.1 Å². The van der Waals surface area contributed by atoms with Crippen molar-refractivity contribution in [1.82, 2.24) is 14.4 Å². The van der Waals surface area contributed by atoms with E-state index in [0.29, 0.717) is 19.0 Å². The molecule has 1 aromatic heterocycles. The molecule has 174 valence electrons. The Hall–Kier alpha value is -2.63. The molecule has 1 aliphatic carbocycles. The highest BCUT2D eigenvalue weighted by atomic mass is 19.1. The number of carbonyl (C=O) groups excluding carboxylic acids is 2. The van der Waals surface area contributed by atoms with Gasteiger partial charge in [-0.25, -0.2) is 4.39 Å². The molecule has 32 heavy (non-hydrogen) atoms. The maximum absolute atomic E-state index is 13.4. The molecule has 1 saturated carbocycles. The topological polar surface area (TPSA) is 45.6 Å². The van der Waals surface area contributed by atoms with Crippen molar-refractivity contribution < 1.29 is 14.0 Å². The molecule has 0 N–H and O–H groups in total. The summed E-state index contributed by atoms with van der Waals surface area (Å²) < 4.78 is 15.3. The van der Waals surface area contributed by atoms with Crippen molar-refractivity contribution >= 4 is 11.8 Å². The van der Waals surface area contributed by atoms with Gasteiger partial charge in [-0.3, -0.25) is 9.59 Å². The minimum atomic E-state index is -0.314. The van der Waals surface area contributed by atoms with Crippen molar-refractivity contribution in [1.29, 1.82) is 0 Å². The van der Waals surface area contributed by atoms with Gasteiger partial charge in [-0.2, -0.15) is 0 Å². The molecular formula is C26H36FN3O2. The standard InChI is InChI=1S/C26H36FN3O2/c1-20(2)17-29(18-24-10-7-15-28(24)3)26(32)19-30(23-8-5-4-6-9-23)25(31)16-21-11-13-22(27)14-12-21/h7,10-15,20,23H,4-6,8-9,16-19H2,1-3H3. The van der Waals surface area contributed by atoms with Crippen LogP contribution in [0.25, 0.3) is 0 Å². The Kier molecular flexibility index (Phi) is 8.48. The molecular weight excluding hydrogens is 405 g/mol. The molecule has 1 fully saturated rings. The third-order valence-electron chi connectivity index (χ3n) is 6.25. The van der Waals surface area contributed by atoms with Gasteiger partial charge in [-0.1, -0.05) is 45.2 Å². The predicted octanol–water partition coefficient (Wildman–Crippen LogP) is 4.55. The zero-order chi connectivity index (χ0) is 23.1. The second kappa shape index (κ2) is 11.3. The fraction of sp³-hybridized carbons (Fsp3) is 0.538. The average molecular weight is 442 g/mol. The molecule has 2 aromatic rings. The molecule has 0 bridgehead atoms. The van der Waals surface area contributed by atoms with Crippen molar-refractivity contribution in [2.24, 2.45) is 13.0 Å². The lowest BCUT2D eigenvalue weighted by atomic mass is 9.93. The first-order valence-electron chi connectivity index (χ1n) is 11.8. The van der Waals surface area contributed by atoms with Gasteiger partial charge in [0.1, 0.15) is 12.4 Å².